The third kappa shape index (κ3) is 4.16. The van der Waals surface area contributed by atoms with Crippen LogP contribution < -0.4 is 15.1 Å². The van der Waals surface area contributed by atoms with Crippen LogP contribution in [-0.2, 0) is 0 Å². The van der Waals surface area contributed by atoms with Gasteiger partial charge < -0.3 is 15.1 Å². The van der Waals surface area contributed by atoms with E-state index in [2.05, 4.69) is 44.1 Å². The van der Waals surface area contributed by atoms with Gasteiger partial charge in [0.1, 0.15) is 23.8 Å². The molecule has 0 amide bonds. The van der Waals surface area contributed by atoms with E-state index in [1.165, 1.54) is 17.7 Å². The summed E-state index contributed by atoms with van der Waals surface area (Å²) < 4.78 is 13.1. The second-order valence-corrected chi connectivity index (χ2v) is 6.71. The zero-order valence-electron chi connectivity index (χ0n) is 15.3. The smallest absolute Gasteiger partial charge is 0.135 e. The number of aryl methyl sites for hydroxylation is 1. The first kappa shape index (κ1) is 17.3. The summed E-state index contributed by atoms with van der Waals surface area (Å²) in [6, 6.07) is 16.9. The van der Waals surface area contributed by atoms with E-state index in [0.29, 0.717) is 0 Å². The SMILES string of the molecule is Cc1cccc(Nc2cc(N3CCN(c4ccc(F)cc4)CC3)ncn2)c1. The molecule has 0 bridgehead atoms. The molecule has 3 aromatic rings. The van der Waals surface area contributed by atoms with Gasteiger partial charge in [-0.15, -0.1) is 0 Å². The minimum atomic E-state index is -0.202. The van der Waals surface area contributed by atoms with Gasteiger partial charge in [-0.05, 0) is 48.9 Å². The largest absolute Gasteiger partial charge is 0.368 e. The summed E-state index contributed by atoms with van der Waals surface area (Å²) in [4.78, 5) is 13.3. The van der Waals surface area contributed by atoms with Crippen molar-refractivity contribution in [1.82, 2.24) is 9.97 Å². The Morgan fingerprint density at radius 2 is 1.63 bits per heavy atom. The van der Waals surface area contributed by atoms with Gasteiger partial charge in [-0.2, -0.15) is 0 Å². The molecule has 0 spiro atoms. The van der Waals surface area contributed by atoms with Crippen LogP contribution in [-0.4, -0.2) is 36.1 Å². The summed E-state index contributed by atoms with van der Waals surface area (Å²) in [5.74, 6) is 1.50. The number of aromatic nitrogens is 2. The van der Waals surface area contributed by atoms with E-state index >= 15 is 0 Å². The van der Waals surface area contributed by atoms with Gasteiger partial charge in [0.15, 0.2) is 0 Å². The average Bonchev–Trinajstić information content (AvgIpc) is 2.69. The highest BCUT2D eigenvalue weighted by Crippen LogP contribution is 2.22. The Morgan fingerprint density at radius 3 is 2.37 bits per heavy atom. The van der Waals surface area contributed by atoms with Gasteiger partial charge in [0.05, 0.1) is 0 Å². The molecule has 0 unspecified atom stereocenters. The second-order valence-electron chi connectivity index (χ2n) is 6.71. The Hall–Kier alpha value is -3.15. The van der Waals surface area contributed by atoms with Gasteiger partial charge in [0.2, 0.25) is 0 Å². The highest BCUT2D eigenvalue weighted by Gasteiger charge is 2.18. The molecule has 138 valence electrons. The van der Waals surface area contributed by atoms with E-state index in [1.54, 1.807) is 6.33 Å². The molecule has 1 aliphatic rings. The topological polar surface area (TPSA) is 44.3 Å². The van der Waals surface area contributed by atoms with Crippen LogP contribution in [0.4, 0.5) is 27.4 Å². The number of benzene rings is 2. The van der Waals surface area contributed by atoms with Crippen molar-refractivity contribution < 1.29 is 4.39 Å². The molecule has 0 atom stereocenters. The van der Waals surface area contributed by atoms with Crippen LogP contribution in [0.3, 0.4) is 0 Å². The van der Waals surface area contributed by atoms with Gasteiger partial charge in [-0.25, -0.2) is 14.4 Å². The Kier molecular flexibility index (Phi) is 4.87. The van der Waals surface area contributed by atoms with Gasteiger partial charge in [0.25, 0.3) is 0 Å². The fourth-order valence-corrected chi connectivity index (χ4v) is 3.30. The molecule has 1 fully saturated rings. The molecule has 0 radical (unpaired) electrons. The number of piperazine rings is 1. The zero-order valence-corrected chi connectivity index (χ0v) is 15.3. The van der Waals surface area contributed by atoms with E-state index in [9.17, 15) is 4.39 Å². The molecule has 4 rings (SSSR count). The monoisotopic (exact) mass is 363 g/mol. The highest BCUT2D eigenvalue weighted by atomic mass is 19.1. The average molecular weight is 363 g/mol. The zero-order chi connectivity index (χ0) is 18.6. The van der Waals surface area contributed by atoms with Gasteiger partial charge >= 0.3 is 0 Å². The normalized spacial score (nSPS) is 14.3. The Labute approximate surface area is 158 Å². The van der Waals surface area contributed by atoms with Crippen molar-refractivity contribution in [1.29, 1.82) is 0 Å². The number of rotatable bonds is 4. The molecular formula is C21H22FN5. The molecule has 1 aliphatic heterocycles. The van der Waals surface area contributed by atoms with Crippen molar-refractivity contribution in [2.24, 2.45) is 0 Å². The fraction of sp³-hybridized carbons (Fsp3) is 0.238. The molecule has 2 heterocycles. The lowest BCUT2D eigenvalue weighted by atomic mass is 10.2. The van der Waals surface area contributed by atoms with Crippen LogP contribution in [0.2, 0.25) is 0 Å². The first-order chi connectivity index (χ1) is 13.2. The quantitative estimate of drug-likeness (QED) is 0.759. The van der Waals surface area contributed by atoms with Gasteiger partial charge in [-0.1, -0.05) is 12.1 Å². The maximum atomic E-state index is 13.1. The molecule has 27 heavy (non-hydrogen) atoms. The van der Waals surface area contributed by atoms with Crippen molar-refractivity contribution in [3.05, 3.63) is 72.3 Å². The Bertz CT molecular complexity index is 904. The van der Waals surface area contributed by atoms with Crippen LogP contribution in [0.1, 0.15) is 5.56 Å². The number of hydrogen-bond acceptors (Lipinski definition) is 5. The number of nitrogens with zero attached hydrogens (tertiary/aromatic N) is 4. The minimum Gasteiger partial charge on any atom is -0.368 e. The molecule has 1 aromatic heterocycles. The summed E-state index contributed by atoms with van der Waals surface area (Å²) in [5.41, 5.74) is 3.27. The third-order valence-electron chi connectivity index (χ3n) is 4.74. The molecule has 1 N–H and O–H groups in total. The van der Waals surface area contributed by atoms with Crippen LogP contribution >= 0.6 is 0 Å². The van der Waals surface area contributed by atoms with Crippen molar-refractivity contribution in [3.63, 3.8) is 0 Å². The van der Waals surface area contributed by atoms with Crippen molar-refractivity contribution in [3.8, 4) is 0 Å². The standard InChI is InChI=1S/C21H22FN5/c1-16-3-2-4-18(13-16)25-20-14-21(24-15-23-20)27-11-9-26(10-12-27)19-7-5-17(22)6-8-19/h2-8,13-15H,9-12H2,1H3,(H,23,24,25). The van der Waals surface area contributed by atoms with Crippen molar-refractivity contribution >= 4 is 23.0 Å². The van der Waals surface area contributed by atoms with Crippen LogP contribution in [0.5, 0.6) is 0 Å². The van der Waals surface area contributed by atoms with E-state index in [4.69, 9.17) is 0 Å². The molecule has 0 saturated carbocycles. The van der Waals surface area contributed by atoms with Gasteiger partial charge in [-0.3, -0.25) is 0 Å². The summed E-state index contributed by atoms with van der Waals surface area (Å²) >= 11 is 0. The molecular weight excluding hydrogens is 341 g/mol. The highest BCUT2D eigenvalue weighted by molar-refractivity contribution is 5.60. The van der Waals surface area contributed by atoms with Crippen LogP contribution in [0, 0.1) is 12.7 Å². The van der Waals surface area contributed by atoms with E-state index in [0.717, 1.165) is 49.2 Å². The maximum absolute atomic E-state index is 13.1. The second kappa shape index (κ2) is 7.61. The van der Waals surface area contributed by atoms with Gasteiger partial charge in [0, 0.05) is 43.6 Å². The number of halogens is 1. The van der Waals surface area contributed by atoms with E-state index < -0.39 is 0 Å². The molecule has 1 saturated heterocycles. The lowest BCUT2D eigenvalue weighted by Crippen LogP contribution is -2.46. The molecule has 5 nitrogen and oxygen atoms in total. The van der Waals surface area contributed by atoms with E-state index in [-0.39, 0.29) is 5.82 Å². The number of hydrogen-bond donors (Lipinski definition) is 1. The van der Waals surface area contributed by atoms with Crippen LogP contribution in [0.25, 0.3) is 0 Å². The predicted octanol–water partition coefficient (Wildman–Crippen LogP) is 3.99. The summed E-state index contributed by atoms with van der Waals surface area (Å²) in [5, 5.41) is 3.34. The summed E-state index contributed by atoms with van der Waals surface area (Å²) in [7, 11) is 0. The van der Waals surface area contributed by atoms with Crippen molar-refractivity contribution in [2.45, 2.75) is 6.92 Å². The predicted molar refractivity (Wildman–Crippen MR) is 107 cm³/mol. The van der Waals surface area contributed by atoms with E-state index in [1.807, 2.05) is 30.3 Å². The number of nitrogens with one attached hydrogen (secondary N) is 1. The summed E-state index contributed by atoms with van der Waals surface area (Å²) in [6.45, 7) is 5.53. The summed E-state index contributed by atoms with van der Waals surface area (Å²) in [6.07, 6.45) is 1.60. The van der Waals surface area contributed by atoms with Crippen molar-refractivity contribution in [2.75, 3.05) is 41.3 Å². The first-order valence-corrected chi connectivity index (χ1v) is 9.08. The fourth-order valence-electron chi connectivity index (χ4n) is 3.30. The minimum absolute atomic E-state index is 0.202. The molecule has 2 aromatic carbocycles. The lowest BCUT2D eigenvalue weighted by molar-refractivity contribution is 0.624. The number of anilines is 4. The molecule has 0 aliphatic carbocycles. The molecule has 6 heteroatoms. The van der Waals surface area contributed by atoms with Crippen LogP contribution in [0.15, 0.2) is 60.9 Å². The Balaban J connectivity index is 1.42. The lowest BCUT2D eigenvalue weighted by Gasteiger charge is -2.36. The maximum Gasteiger partial charge on any atom is 0.135 e. The third-order valence-corrected chi connectivity index (χ3v) is 4.74. The Morgan fingerprint density at radius 1 is 0.889 bits per heavy atom. The first-order valence-electron chi connectivity index (χ1n) is 9.08.